The Bertz CT molecular complexity index is 613. The molecule has 20 heavy (non-hydrogen) atoms. The molecule has 104 valence electrons. The molecule has 0 bridgehead atoms. The fourth-order valence-electron chi connectivity index (χ4n) is 1.90. The van der Waals surface area contributed by atoms with Crippen LogP contribution in [0.15, 0.2) is 47.8 Å². The Morgan fingerprint density at radius 1 is 1.35 bits per heavy atom. The smallest absolute Gasteiger partial charge is 0.190 e. The summed E-state index contributed by atoms with van der Waals surface area (Å²) >= 11 is 5.87. The molecule has 6 heteroatoms. The monoisotopic (exact) mass is 290 g/mol. The van der Waals surface area contributed by atoms with Crippen molar-refractivity contribution in [3.63, 3.8) is 0 Å². The van der Waals surface area contributed by atoms with E-state index < -0.39 is 0 Å². The van der Waals surface area contributed by atoms with Crippen LogP contribution in [0.1, 0.15) is 11.3 Å². The second-order valence-corrected chi connectivity index (χ2v) is 4.78. The summed E-state index contributed by atoms with van der Waals surface area (Å²) < 4.78 is 0. The molecule has 0 aliphatic carbocycles. The summed E-state index contributed by atoms with van der Waals surface area (Å²) in [4.78, 5) is 6.12. The molecule has 0 fully saturated rings. The Morgan fingerprint density at radius 3 is 2.70 bits per heavy atom. The lowest BCUT2D eigenvalue weighted by atomic mass is 10.2. The molecule has 0 spiro atoms. The highest BCUT2D eigenvalue weighted by Gasteiger charge is 2.12. The molecular weight excluding hydrogens is 276 g/mol. The summed E-state index contributed by atoms with van der Waals surface area (Å²) in [6.07, 6.45) is 1.60. The molecule has 3 N–H and O–H groups in total. The van der Waals surface area contributed by atoms with Crippen molar-refractivity contribution < 1.29 is 5.21 Å². The van der Waals surface area contributed by atoms with Crippen LogP contribution >= 0.6 is 11.6 Å². The summed E-state index contributed by atoms with van der Waals surface area (Å²) in [5.41, 5.74) is 7.98. The van der Waals surface area contributed by atoms with Crippen LogP contribution in [0, 0.1) is 0 Å². The molecule has 0 amide bonds. The van der Waals surface area contributed by atoms with E-state index in [9.17, 15) is 0 Å². The van der Waals surface area contributed by atoms with Crippen LogP contribution in [0.4, 0.5) is 5.69 Å². The number of nitrogens with zero attached hydrogens (tertiary/aromatic N) is 3. The third-order valence-corrected chi connectivity index (χ3v) is 3.13. The average Bonchev–Trinajstić information content (AvgIpc) is 2.48. The van der Waals surface area contributed by atoms with Gasteiger partial charge in [-0.1, -0.05) is 28.9 Å². The molecule has 0 saturated heterocycles. The van der Waals surface area contributed by atoms with Gasteiger partial charge in [-0.3, -0.25) is 4.98 Å². The first-order valence-electron chi connectivity index (χ1n) is 6.00. The zero-order valence-electron chi connectivity index (χ0n) is 11.0. The Balaban J connectivity index is 2.25. The van der Waals surface area contributed by atoms with Crippen molar-refractivity contribution in [1.82, 2.24) is 4.98 Å². The molecule has 0 radical (unpaired) electrons. The fourth-order valence-corrected chi connectivity index (χ4v) is 2.02. The van der Waals surface area contributed by atoms with E-state index in [0.29, 0.717) is 17.3 Å². The first-order chi connectivity index (χ1) is 9.61. The van der Waals surface area contributed by atoms with Gasteiger partial charge in [0.2, 0.25) is 0 Å². The molecule has 0 unspecified atom stereocenters. The SMILES string of the molecule is CN(Cc1ccc(Cl)cc1)c1cccnc1/C(N)=N/O. The van der Waals surface area contributed by atoms with Crippen LogP contribution in [0.2, 0.25) is 5.02 Å². The number of rotatable bonds is 4. The van der Waals surface area contributed by atoms with Crippen LogP contribution in [-0.2, 0) is 6.54 Å². The van der Waals surface area contributed by atoms with Crippen molar-refractivity contribution in [2.45, 2.75) is 6.54 Å². The zero-order valence-corrected chi connectivity index (χ0v) is 11.7. The number of aromatic nitrogens is 1. The van der Waals surface area contributed by atoms with Gasteiger partial charge in [-0.05, 0) is 29.8 Å². The van der Waals surface area contributed by atoms with Crippen LogP contribution in [0.5, 0.6) is 0 Å². The van der Waals surface area contributed by atoms with Gasteiger partial charge in [-0.15, -0.1) is 0 Å². The van der Waals surface area contributed by atoms with Gasteiger partial charge in [0.1, 0.15) is 5.69 Å². The van der Waals surface area contributed by atoms with Crippen molar-refractivity contribution in [1.29, 1.82) is 0 Å². The minimum Gasteiger partial charge on any atom is -0.409 e. The van der Waals surface area contributed by atoms with E-state index >= 15 is 0 Å². The maximum absolute atomic E-state index is 8.80. The molecular formula is C14H15ClN4O. The Hall–Kier alpha value is -2.27. The Kier molecular flexibility index (Phi) is 4.42. The van der Waals surface area contributed by atoms with E-state index in [1.54, 1.807) is 6.20 Å². The van der Waals surface area contributed by atoms with Crippen LogP contribution in [0.3, 0.4) is 0 Å². The van der Waals surface area contributed by atoms with Crippen LogP contribution in [-0.4, -0.2) is 23.1 Å². The molecule has 0 aliphatic heterocycles. The summed E-state index contributed by atoms with van der Waals surface area (Å²) in [6.45, 7) is 0.661. The summed E-state index contributed by atoms with van der Waals surface area (Å²) in [5, 5.41) is 12.5. The lowest BCUT2D eigenvalue weighted by Gasteiger charge is -2.21. The number of hydrogen-bond donors (Lipinski definition) is 2. The number of halogens is 1. The highest BCUT2D eigenvalue weighted by molar-refractivity contribution is 6.30. The summed E-state index contributed by atoms with van der Waals surface area (Å²) in [6, 6.07) is 11.3. The first kappa shape index (κ1) is 14.1. The van der Waals surface area contributed by atoms with Crippen molar-refractivity contribution in [2.24, 2.45) is 10.9 Å². The highest BCUT2D eigenvalue weighted by Crippen LogP contribution is 2.19. The maximum Gasteiger partial charge on any atom is 0.190 e. The van der Waals surface area contributed by atoms with Gasteiger partial charge in [0, 0.05) is 24.8 Å². The molecule has 1 aromatic carbocycles. The van der Waals surface area contributed by atoms with E-state index in [2.05, 4.69) is 10.1 Å². The van der Waals surface area contributed by atoms with E-state index in [4.69, 9.17) is 22.5 Å². The molecule has 0 aliphatic rings. The van der Waals surface area contributed by atoms with Gasteiger partial charge in [-0.25, -0.2) is 0 Å². The Morgan fingerprint density at radius 2 is 2.05 bits per heavy atom. The van der Waals surface area contributed by atoms with E-state index in [1.165, 1.54) is 0 Å². The molecule has 0 saturated carbocycles. The van der Waals surface area contributed by atoms with Gasteiger partial charge < -0.3 is 15.8 Å². The predicted molar refractivity (Wildman–Crippen MR) is 80.3 cm³/mol. The Labute approximate surface area is 122 Å². The van der Waals surface area contributed by atoms with E-state index in [0.717, 1.165) is 11.3 Å². The molecule has 5 nitrogen and oxygen atoms in total. The lowest BCUT2D eigenvalue weighted by Crippen LogP contribution is -2.23. The van der Waals surface area contributed by atoms with Crippen molar-refractivity contribution >= 4 is 23.1 Å². The van der Waals surface area contributed by atoms with Gasteiger partial charge >= 0.3 is 0 Å². The topological polar surface area (TPSA) is 74.7 Å². The molecule has 0 atom stereocenters. The van der Waals surface area contributed by atoms with E-state index in [-0.39, 0.29) is 5.84 Å². The largest absolute Gasteiger partial charge is 0.409 e. The van der Waals surface area contributed by atoms with Crippen LogP contribution < -0.4 is 10.6 Å². The highest BCUT2D eigenvalue weighted by atomic mass is 35.5. The van der Waals surface area contributed by atoms with Crippen LogP contribution in [0.25, 0.3) is 0 Å². The van der Waals surface area contributed by atoms with Crippen molar-refractivity contribution in [3.05, 3.63) is 58.9 Å². The number of amidine groups is 1. The second kappa shape index (κ2) is 6.25. The summed E-state index contributed by atoms with van der Waals surface area (Å²) in [7, 11) is 1.92. The van der Waals surface area contributed by atoms with Gasteiger partial charge in [-0.2, -0.15) is 0 Å². The molecule has 1 heterocycles. The number of hydrogen-bond acceptors (Lipinski definition) is 4. The molecule has 2 rings (SSSR count). The third-order valence-electron chi connectivity index (χ3n) is 2.88. The lowest BCUT2D eigenvalue weighted by molar-refractivity contribution is 0.318. The summed E-state index contributed by atoms with van der Waals surface area (Å²) in [5.74, 6) is -0.0106. The minimum atomic E-state index is -0.0106. The van der Waals surface area contributed by atoms with Crippen molar-refractivity contribution in [3.8, 4) is 0 Å². The number of oxime groups is 1. The number of pyridine rings is 1. The van der Waals surface area contributed by atoms with Gasteiger partial charge in [0.05, 0.1) is 5.69 Å². The fraction of sp³-hybridized carbons (Fsp3) is 0.143. The zero-order chi connectivity index (χ0) is 14.5. The molecule has 1 aromatic heterocycles. The third kappa shape index (κ3) is 3.19. The normalized spacial score (nSPS) is 11.4. The van der Waals surface area contributed by atoms with E-state index in [1.807, 2.05) is 48.3 Å². The molecule has 2 aromatic rings. The van der Waals surface area contributed by atoms with Crippen molar-refractivity contribution in [2.75, 3.05) is 11.9 Å². The number of anilines is 1. The second-order valence-electron chi connectivity index (χ2n) is 4.34. The maximum atomic E-state index is 8.80. The minimum absolute atomic E-state index is 0.0106. The number of nitrogens with two attached hydrogens (primary N) is 1. The quantitative estimate of drug-likeness (QED) is 0.393. The number of benzene rings is 1. The van der Waals surface area contributed by atoms with Gasteiger partial charge in [0.15, 0.2) is 5.84 Å². The average molecular weight is 291 g/mol. The van der Waals surface area contributed by atoms with Gasteiger partial charge in [0.25, 0.3) is 0 Å². The standard InChI is InChI=1S/C14H15ClN4O/c1-19(9-10-4-6-11(15)7-5-10)12-3-2-8-17-13(12)14(16)18-20/h2-8,20H,9H2,1H3,(H2,16,18). The predicted octanol–water partition coefficient (Wildman–Crippen LogP) is 2.47. The first-order valence-corrected chi connectivity index (χ1v) is 6.38.